The molecular formula is C15H11FN6O2. The van der Waals surface area contributed by atoms with E-state index < -0.39 is 11.5 Å². The number of halogens is 1. The van der Waals surface area contributed by atoms with Crippen LogP contribution in [0.5, 0.6) is 5.75 Å². The Bertz CT molecular complexity index is 1030. The molecule has 0 atom stereocenters. The van der Waals surface area contributed by atoms with E-state index in [0.29, 0.717) is 17.3 Å². The van der Waals surface area contributed by atoms with Crippen LogP contribution in [0.4, 0.5) is 16.0 Å². The summed E-state index contributed by atoms with van der Waals surface area (Å²) in [7, 11) is 0. The van der Waals surface area contributed by atoms with Crippen molar-refractivity contribution < 1.29 is 9.13 Å². The number of aromatic nitrogens is 3. The first kappa shape index (κ1) is 14.0. The number of nitriles is 1. The zero-order valence-electron chi connectivity index (χ0n) is 12.2. The third-order valence-corrected chi connectivity index (χ3v) is 3.68. The van der Waals surface area contributed by atoms with Crippen molar-refractivity contribution >= 4 is 11.6 Å². The average Bonchev–Trinajstić information content (AvgIpc) is 3.16. The van der Waals surface area contributed by atoms with E-state index in [1.807, 2.05) is 0 Å². The summed E-state index contributed by atoms with van der Waals surface area (Å²) in [6.45, 7) is -0.329. The number of benzene rings is 1. The lowest BCUT2D eigenvalue weighted by atomic mass is 10.2. The molecule has 0 amide bonds. The first-order chi connectivity index (χ1) is 11.7. The monoisotopic (exact) mass is 326 g/mol. The van der Waals surface area contributed by atoms with Crippen LogP contribution >= 0.6 is 0 Å². The van der Waals surface area contributed by atoms with Crippen LogP contribution < -0.4 is 21.3 Å². The second-order valence-corrected chi connectivity index (χ2v) is 5.04. The van der Waals surface area contributed by atoms with E-state index in [9.17, 15) is 9.18 Å². The van der Waals surface area contributed by atoms with Crippen LogP contribution in [-0.2, 0) is 0 Å². The van der Waals surface area contributed by atoms with Gasteiger partial charge in [-0.05, 0) is 18.2 Å². The van der Waals surface area contributed by atoms with Crippen LogP contribution in [-0.4, -0.2) is 21.1 Å². The van der Waals surface area contributed by atoms with Gasteiger partial charge >= 0.3 is 5.69 Å². The van der Waals surface area contributed by atoms with Gasteiger partial charge in [0.2, 0.25) is 0 Å². The van der Waals surface area contributed by atoms with Gasteiger partial charge in [-0.15, -0.1) is 0 Å². The number of anilines is 2. The van der Waals surface area contributed by atoms with Crippen LogP contribution in [0.15, 0.2) is 35.3 Å². The fourth-order valence-electron chi connectivity index (χ4n) is 2.73. The highest BCUT2D eigenvalue weighted by Gasteiger charge is 2.26. The molecule has 3 heterocycles. The first-order valence-electron chi connectivity index (χ1n) is 7.04. The van der Waals surface area contributed by atoms with Crippen molar-refractivity contribution in [2.75, 3.05) is 17.5 Å². The Morgan fingerprint density at radius 3 is 2.92 bits per heavy atom. The maximum atomic E-state index is 14.2. The van der Waals surface area contributed by atoms with E-state index in [1.165, 1.54) is 16.7 Å². The van der Waals surface area contributed by atoms with Crippen LogP contribution in [0.3, 0.4) is 0 Å². The molecule has 0 bridgehead atoms. The number of aromatic amines is 2. The number of rotatable bonds is 3. The van der Waals surface area contributed by atoms with Crippen molar-refractivity contribution in [2.45, 2.75) is 0 Å². The summed E-state index contributed by atoms with van der Waals surface area (Å²) in [5, 5.41) is 8.69. The number of nitrogens with zero attached hydrogens (tertiary/aromatic N) is 2. The molecular weight excluding hydrogens is 315 g/mol. The number of ether oxygens (including phenoxy) is 1. The Hall–Kier alpha value is -3.67. The quantitative estimate of drug-likeness (QED) is 0.588. The summed E-state index contributed by atoms with van der Waals surface area (Å²) < 4.78 is 20.7. The second kappa shape index (κ2) is 5.20. The van der Waals surface area contributed by atoms with Gasteiger partial charge in [0.15, 0.2) is 24.0 Å². The molecule has 2 aromatic heterocycles. The Labute approximate surface area is 134 Å². The smallest absolute Gasteiger partial charge is 0.332 e. The largest absolute Gasteiger partial charge is 0.473 e. The van der Waals surface area contributed by atoms with Crippen molar-refractivity contribution in [1.29, 1.82) is 5.26 Å². The van der Waals surface area contributed by atoms with E-state index >= 15 is 0 Å². The van der Waals surface area contributed by atoms with Gasteiger partial charge in [-0.3, -0.25) is 20.4 Å². The summed E-state index contributed by atoms with van der Waals surface area (Å²) in [4.78, 5) is 18.1. The molecule has 0 spiro atoms. The van der Waals surface area contributed by atoms with Crippen molar-refractivity contribution in [3.8, 4) is 28.8 Å². The zero-order valence-corrected chi connectivity index (χ0v) is 12.2. The molecule has 0 aliphatic carbocycles. The van der Waals surface area contributed by atoms with Crippen LogP contribution in [0.1, 0.15) is 0 Å². The Kier molecular flexibility index (Phi) is 3.03. The maximum Gasteiger partial charge on any atom is 0.332 e. The molecule has 3 aromatic rings. The number of imidazole rings is 1. The standard InChI is InChI=1S/C15H11FN6O2/c16-9-2-1-3-10(12(9)24-7-5-17)22-11-8-4-6-18-13(8)20-21-14(11)19-15(22)23/h1-4,6,18,20-21H,7H2,(H,19,23). The minimum Gasteiger partial charge on any atom is -0.473 e. The average molecular weight is 326 g/mol. The Balaban J connectivity index is 1.98. The van der Waals surface area contributed by atoms with Crippen LogP contribution in [0.25, 0.3) is 16.9 Å². The molecule has 8 nitrogen and oxygen atoms in total. The Morgan fingerprint density at radius 1 is 1.25 bits per heavy atom. The minimum atomic E-state index is -0.652. The zero-order chi connectivity index (χ0) is 16.7. The number of fused-ring (bicyclic) bond motifs is 3. The van der Waals surface area contributed by atoms with Gasteiger partial charge in [-0.25, -0.2) is 9.18 Å². The number of hydrazine groups is 1. The highest BCUT2D eigenvalue weighted by molar-refractivity contribution is 5.86. The summed E-state index contributed by atoms with van der Waals surface area (Å²) in [6.07, 6.45) is 1.72. The van der Waals surface area contributed by atoms with E-state index in [4.69, 9.17) is 10.00 Å². The van der Waals surface area contributed by atoms with Gasteiger partial charge in [-0.1, -0.05) is 6.07 Å². The molecule has 24 heavy (non-hydrogen) atoms. The molecule has 0 fully saturated rings. The highest BCUT2D eigenvalue weighted by Crippen LogP contribution is 2.38. The molecule has 120 valence electrons. The lowest BCUT2D eigenvalue weighted by Crippen LogP contribution is -2.18. The predicted molar refractivity (Wildman–Crippen MR) is 84.5 cm³/mol. The molecule has 1 aliphatic heterocycles. The summed E-state index contributed by atoms with van der Waals surface area (Å²) >= 11 is 0. The minimum absolute atomic E-state index is 0.154. The fourth-order valence-corrected chi connectivity index (χ4v) is 2.73. The Morgan fingerprint density at radius 2 is 2.08 bits per heavy atom. The molecule has 0 unspecified atom stereocenters. The van der Waals surface area contributed by atoms with Crippen molar-refractivity contribution in [2.24, 2.45) is 0 Å². The van der Waals surface area contributed by atoms with Gasteiger partial charge in [0, 0.05) is 11.8 Å². The third kappa shape index (κ3) is 1.94. The number of H-pyrrole nitrogens is 2. The molecule has 1 aliphatic rings. The highest BCUT2D eigenvalue weighted by atomic mass is 19.1. The molecule has 0 saturated carbocycles. The van der Waals surface area contributed by atoms with E-state index in [1.54, 1.807) is 24.4 Å². The van der Waals surface area contributed by atoms with Crippen molar-refractivity contribution in [1.82, 2.24) is 14.5 Å². The lowest BCUT2D eigenvalue weighted by molar-refractivity contribution is 0.345. The number of para-hydroxylation sites is 1. The van der Waals surface area contributed by atoms with Gasteiger partial charge in [0.1, 0.15) is 17.6 Å². The van der Waals surface area contributed by atoms with E-state index in [-0.39, 0.29) is 18.0 Å². The predicted octanol–water partition coefficient (Wildman–Crippen LogP) is 1.95. The third-order valence-electron chi connectivity index (χ3n) is 3.68. The van der Waals surface area contributed by atoms with Gasteiger partial charge in [0.25, 0.3) is 0 Å². The lowest BCUT2D eigenvalue weighted by Gasteiger charge is -2.19. The van der Waals surface area contributed by atoms with Crippen LogP contribution in [0, 0.1) is 17.1 Å². The second-order valence-electron chi connectivity index (χ2n) is 5.04. The van der Waals surface area contributed by atoms with Crippen molar-refractivity contribution in [3.05, 3.63) is 46.8 Å². The van der Waals surface area contributed by atoms with Gasteiger partial charge in [-0.2, -0.15) is 5.26 Å². The number of hydrogen-bond acceptors (Lipinski definition) is 5. The summed E-state index contributed by atoms with van der Waals surface area (Å²) in [5.41, 5.74) is 6.80. The molecule has 4 rings (SSSR count). The molecule has 0 saturated heterocycles. The van der Waals surface area contributed by atoms with E-state index in [2.05, 4.69) is 20.8 Å². The summed E-state index contributed by atoms with van der Waals surface area (Å²) in [5.74, 6) is 0.313. The van der Waals surface area contributed by atoms with Gasteiger partial charge < -0.3 is 9.72 Å². The first-order valence-corrected chi connectivity index (χ1v) is 7.04. The normalized spacial score (nSPS) is 11.7. The molecule has 4 N–H and O–H groups in total. The topological polar surface area (TPSA) is 111 Å². The van der Waals surface area contributed by atoms with Crippen molar-refractivity contribution in [3.63, 3.8) is 0 Å². The molecule has 1 aromatic carbocycles. The number of hydrogen-bond donors (Lipinski definition) is 4. The summed E-state index contributed by atoms with van der Waals surface area (Å²) in [6, 6.07) is 7.83. The number of nitrogens with one attached hydrogen (secondary N) is 4. The SMILES string of the molecule is N#CCOc1c(F)cccc1-n1c2c([nH]c1=O)NNc1[nH]ccc1-2. The maximum absolute atomic E-state index is 14.2. The van der Waals surface area contributed by atoms with Gasteiger partial charge in [0.05, 0.1) is 5.69 Å². The van der Waals surface area contributed by atoms with Crippen LogP contribution in [0.2, 0.25) is 0 Å². The van der Waals surface area contributed by atoms with E-state index in [0.717, 1.165) is 5.56 Å². The molecule has 9 heteroatoms. The molecule has 0 radical (unpaired) electrons. The fraction of sp³-hybridized carbons (Fsp3) is 0.0667.